The highest BCUT2D eigenvalue weighted by Gasteiger charge is 2.23. The number of H-pyrrole nitrogens is 2. The van der Waals surface area contributed by atoms with Crippen LogP contribution in [0.4, 0.5) is 10.5 Å². The highest BCUT2D eigenvalue weighted by atomic mass is 16.6. The maximum absolute atomic E-state index is 13.4. The first-order valence-electron chi connectivity index (χ1n) is 32.6. The minimum atomic E-state index is -0.848. The Kier molecular flexibility index (Phi) is 23.3. The second kappa shape index (κ2) is 32.0. The Labute approximate surface area is 522 Å². The fraction of sp³-hybridized carbons (Fsp3) is 0.395. The van der Waals surface area contributed by atoms with Crippen LogP contribution in [0.5, 0.6) is 17.2 Å². The summed E-state index contributed by atoms with van der Waals surface area (Å²) in [5, 5.41) is 5.62. The topological polar surface area (TPSA) is 152 Å². The average Bonchev–Trinajstić information content (AvgIpc) is 1.96. The Morgan fingerprint density at radius 1 is 0.420 bits per heavy atom. The van der Waals surface area contributed by atoms with Gasteiger partial charge in [-0.05, 0) is 166 Å². The van der Waals surface area contributed by atoms with Gasteiger partial charge in [-0.25, -0.2) is 14.8 Å². The van der Waals surface area contributed by atoms with Crippen LogP contribution in [-0.4, -0.2) is 63.4 Å². The normalized spacial score (nSPS) is 12.3. The number of nitrogens with one attached hydrogen (secondary N) is 4. The first-order valence-corrected chi connectivity index (χ1v) is 32.6. The standard InChI is InChI=1S/C76H92N6O6/c1-8-11-14-17-20-23-50-85-59-36-28-55(29-37-59)71-64-44-42-62(79-64)70(54-26-34-58(35-27-54)78-74(83)53(4)77-75(84)88-76(5,6)7)63-43-45-65(80-63)72(56-30-38-60(39-31-56)86-51-24-21-18-15-12-9-2)67-47-49-69(82-67)73(68-48-46-66(71)81-68)57-32-40-61(41-33-57)87-52-25-22-19-16-13-10-3/h26-49,53,79,82H,8-25,50-52H2,1-7H3,(H,77,84)(H,78,83)/t53-/m0/s1. The number of carbonyl (C=O) groups excluding carboxylic acids is 2. The number of unbranched alkanes of at least 4 members (excludes halogenated alkanes) is 15. The molecule has 4 aromatic carbocycles. The van der Waals surface area contributed by atoms with Gasteiger partial charge in [0.05, 0.1) is 42.6 Å². The van der Waals surface area contributed by atoms with Crippen molar-refractivity contribution in [1.29, 1.82) is 0 Å². The molecule has 462 valence electrons. The van der Waals surface area contributed by atoms with Crippen molar-refractivity contribution >= 4 is 64.1 Å². The maximum Gasteiger partial charge on any atom is 0.408 e. The first-order chi connectivity index (χ1) is 42.9. The van der Waals surface area contributed by atoms with Gasteiger partial charge in [-0.1, -0.05) is 166 Å². The van der Waals surface area contributed by atoms with E-state index in [9.17, 15) is 9.59 Å². The minimum Gasteiger partial charge on any atom is -0.494 e. The summed E-state index contributed by atoms with van der Waals surface area (Å²) in [7, 11) is 0. The Morgan fingerprint density at radius 3 is 1.02 bits per heavy atom. The van der Waals surface area contributed by atoms with E-state index in [0.717, 1.165) is 139 Å². The number of nitrogens with zero attached hydrogens (tertiary/aromatic N) is 2. The van der Waals surface area contributed by atoms with Crippen LogP contribution in [-0.2, 0) is 9.53 Å². The Balaban J connectivity index is 1.17. The van der Waals surface area contributed by atoms with Crippen LogP contribution < -0.4 is 24.8 Å². The van der Waals surface area contributed by atoms with E-state index in [1.807, 2.05) is 24.3 Å². The Bertz CT molecular complexity index is 3570. The van der Waals surface area contributed by atoms with E-state index in [-0.39, 0.29) is 5.91 Å². The number of amides is 2. The van der Waals surface area contributed by atoms with Crippen molar-refractivity contribution in [2.75, 3.05) is 25.1 Å². The van der Waals surface area contributed by atoms with Gasteiger partial charge in [-0.3, -0.25) is 4.79 Å². The van der Waals surface area contributed by atoms with Gasteiger partial charge in [0.25, 0.3) is 0 Å². The zero-order valence-corrected chi connectivity index (χ0v) is 53.1. The lowest BCUT2D eigenvalue weighted by Crippen LogP contribution is -2.43. The van der Waals surface area contributed by atoms with Crippen molar-refractivity contribution < 1.29 is 28.5 Å². The number of carbonyl (C=O) groups is 2. The van der Waals surface area contributed by atoms with E-state index < -0.39 is 17.7 Å². The third-order valence-corrected chi connectivity index (χ3v) is 16.1. The summed E-state index contributed by atoms with van der Waals surface area (Å²) in [6, 6.07) is 40.6. The number of fused-ring (bicyclic) bond motifs is 8. The molecule has 1 atom stereocenters. The molecule has 0 unspecified atom stereocenters. The largest absolute Gasteiger partial charge is 0.494 e. The highest BCUT2D eigenvalue weighted by Crippen LogP contribution is 2.40. The SMILES string of the molecule is CCCCCCCCOc1ccc(-c2c3nc(c(-c4ccc(OCCCCCCCC)cc4)c4ccc([nH]4)c(-c4ccc(OCCCCCCCC)cc4)c4nc(c(-c5ccc(NC(=O)[C@H](C)NC(=O)OC(C)(C)C)cc5)c5ccc2[nH]5)C=C4)C=C3)cc1. The Morgan fingerprint density at radius 2 is 0.716 bits per heavy atom. The lowest BCUT2D eigenvalue weighted by atomic mass is 10.0. The van der Waals surface area contributed by atoms with E-state index in [2.05, 4.69) is 163 Å². The smallest absolute Gasteiger partial charge is 0.408 e. The molecule has 12 nitrogen and oxygen atoms in total. The molecular formula is C76H92N6O6. The van der Waals surface area contributed by atoms with Crippen LogP contribution in [0.3, 0.4) is 0 Å². The number of ether oxygens (including phenoxy) is 4. The van der Waals surface area contributed by atoms with Gasteiger partial charge in [0.1, 0.15) is 28.9 Å². The lowest BCUT2D eigenvalue weighted by Gasteiger charge is -2.21. The summed E-state index contributed by atoms with van der Waals surface area (Å²) in [4.78, 5) is 44.9. The van der Waals surface area contributed by atoms with E-state index >= 15 is 0 Å². The van der Waals surface area contributed by atoms with E-state index in [1.54, 1.807) is 27.7 Å². The quantitative estimate of drug-likeness (QED) is 0.0314. The molecule has 9 rings (SSSR count). The van der Waals surface area contributed by atoms with Gasteiger partial charge in [0, 0.05) is 50.0 Å². The van der Waals surface area contributed by atoms with Crippen LogP contribution in [0.1, 0.15) is 187 Å². The molecule has 8 bridgehead atoms. The number of anilines is 1. The summed E-state index contributed by atoms with van der Waals surface area (Å²) in [5.41, 5.74) is 14.0. The van der Waals surface area contributed by atoms with Crippen molar-refractivity contribution in [3.05, 3.63) is 144 Å². The van der Waals surface area contributed by atoms with Gasteiger partial charge in [0.2, 0.25) is 5.91 Å². The van der Waals surface area contributed by atoms with Crippen LogP contribution >= 0.6 is 0 Å². The summed E-state index contributed by atoms with van der Waals surface area (Å²) >= 11 is 0. The van der Waals surface area contributed by atoms with Crippen LogP contribution in [0.2, 0.25) is 0 Å². The third kappa shape index (κ3) is 17.9. The van der Waals surface area contributed by atoms with Crippen molar-refractivity contribution in [3.8, 4) is 61.8 Å². The van der Waals surface area contributed by atoms with Crippen LogP contribution in [0, 0.1) is 0 Å². The van der Waals surface area contributed by atoms with Crippen LogP contribution in [0.15, 0.2) is 121 Å². The summed E-state index contributed by atoms with van der Waals surface area (Å²) in [6.45, 7) is 15.8. The van der Waals surface area contributed by atoms with E-state index in [0.29, 0.717) is 25.5 Å². The molecule has 2 aliphatic heterocycles. The van der Waals surface area contributed by atoms with Crippen molar-refractivity contribution in [3.63, 3.8) is 0 Å². The number of hydrogen-bond donors (Lipinski definition) is 4. The number of benzene rings is 4. The van der Waals surface area contributed by atoms with Gasteiger partial charge in [-0.15, -0.1) is 0 Å². The molecule has 4 N–H and O–H groups in total. The van der Waals surface area contributed by atoms with Gasteiger partial charge in [0.15, 0.2) is 0 Å². The predicted octanol–water partition coefficient (Wildman–Crippen LogP) is 20.4. The van der Waals surface area contributed by atoms with Gasteiger partial charge in [-0.2, -0.15) is 0 Å². The fourth-order valence-corrected chi connectivity index (χ4v) is 11.3. The number of hydrogen-bond acceptors (Lipinski definition) is 8. The lowest BCUT2D eigenvalue weighted by molar-refractivity contribution is -0.117. The monoisotopic (exact) mass is 1180 g/mol. The van der Waals surface area contributed by atoms with Crippen molar-refractivity contribution in [2.24, 2.45) is 0 Å². The number of aromatic nitrogens is 4. The molecule has 2 aliphatic rings. The molecule has 0 aliphatic carbocycles. The first kappa shape index (κ1) is 64.1. The fourth-order valence-electron chi connectivity index (χ4n) is 11.3. The van der Waals surface area contributed by atoms with Crippen LogP contribution in [0.25, 0.3) is 90.9 Å². The van der Waals surface area contributed by atoms with Crippen molar-refractivity contribution in [1.82, 2.24) is 25.3 Å². The highest BCUT2D eigenvalue weighted by molar-refractivity contribution is 6.01. The maximum atomic E-state index is 13.4. The number of rotatable bonds is 31. The molecule has 7 aromatic rings. The molecule has 0 fully saturated rings. The summed E-state index contributed by atoms with van der Waals surface area (Å²) in [6.07, 6.45) is 29.4. The molecule has 5 heterocycles. The predicted molar refractivity (Wildman–Crippen MR) is 365 cm³/mol. The number of aromatic amines is 2. The van der Waals surface area contributed by atoms with Crippen molar-refractivity contribution in [2.45, 2.75) is 176 Å². The molecule has 12 heteroatoms. The molecule has 0 saturated heterocycles. The zero-order valence-electron chi connectivity index (χ0n) is 53.1. The number of alkyl carbamates (subject to hydrolysis) is 1. The second-order valence-corrected chi connectivity index (χ2v) is 24.4. The summed E-state index contributed by atoms with van der Waals surface area (Å²) < 4.78 is 24.4. The zero-order chi connectivity index (χ0) is 61.7. The second-order valence-electron chi connectivity index (χ2n) is 24.4. The minimum absolute atomic E-state index is 0.378. The van der Waals surface area contributed by atoms with E-state index in [4.69, 9.17) is 28.9 Å². The molecule has 0 radical (unpaired) electrons. The molecule has 2 amide bonds. The van der Waals surface area contributed by atoms with E-state index in [1.165, 1.54) is 83.5 Å². The molecule has 3 aromatic heterocycles. The third-order valence-electron chi connectivity index (χ3n) is 16.1. The molecule has 0 saturated carbocycles. The summed E-state index contributed by atoms with van der Waals surface area (Å²) in [5.74, 6) is 2.13. The Hall–Kier alpha value is -8.38. The molecule has 0 spiro atoms. The van der Waals surface area contributed by atoms with Gasteiger partial charge < -0.3 is 39.5 Å². The van der Waals surface area contributed by atoms with Gasteiger partial charge >= 0.3 is 6.09 Å². The molecular weight excluding hydrogens is 1090 g/mol. The molecule has 88 heavy (non-hydrogen) atoms. The average molecular weight is 1190 g/mol.